The lowest BCUT2D eigenvalue weighted by atomic mass is 9.90. The van der Waals surface area contributed by atoms with Crippen LogP contribution in [0, 0.1) is 5.92 Å². The van der Waals surface area contributed by atoms with Gasteiger partial charge in [0.2, 0.25) is 5.91 Å². The molecule has 0 radical (unpaired) electrons. The van der Waals surface area contributed by atoms with E-state index >= 15 is 0 Å². The first-order valence-electron chi connectivity index (χ1n) is 9.44. The molecule has 0 spiro atoms. The zero-order valence-electron chi connectivity index (χ0n) is 15.6. The van der Waals surface area contributed by atoms with Crippen LogP contribution in [0.4, 0.5) is 11.4 Å². The van der Waals surface area contributed by atoms with E-state index in [4.69, 9.17) is 16.4 Å². The Morgan fingerprint density at radius 3 is 2.30 bits per heavy atom. The van der Waals surface area contributed by atoms with Crippen molar-refractivity contribution in [3.8, 4) is 0 Å². The average molecular weight is 484 g/mol. The molecule has 30 heavy (non-hydrogen) atoms. The van der Waals surface area contributed by atoms with Crippen LogP contribution in [0.3, 0.4) is 0 Å². The quantitative estimate of drug-likeness (QED) is 0.483. The molecule has 0 unspecified atom stereocenters. The summed E-state index contributed by atoms with van der Waals surface area (Å²) in [6.45, 7) is 0. The molecular weight excluding hydrogens is 468 g/mol. The SMILES string of the molecule is O=C1[C@H]2[C@@H](c3cccc(Br)c3)N(c3ccccc3)O[C@H]2C(=O)N1c1cccc(Cl)c1. The average Bonchev–Trinajstić information content (AvgIpc) is 3.25. The zero-order valence-corrected chi connectivity index (χ0v) is 18.0. The summed E-state index contributed by atoms with van der Waals surface area (Å²) < 4.78 is 0.889. The maximum absolute atomic E-state index is 13.5. The Morgan fingerprint density at radius 2 is 1.57 bits per heavy atom. The fourth-order valence-corrected chi connectivity index (χ4v) is 4.71. The Hall–Kier alpha value is -2.67. The van der Waals surface area contributed by atoms with Gasteiger partial charge in [-0.3, -0.25) is 14.4 Å². The molecule has 0 aliphatic carbocycles. The molecule has 2 saturated heterocycles. The molecular formula is C23H16BrClN2O3. The van der Waals surface area contributed by atoms with E-state index in [1.54, 1.807) is 29.3 Å². The van der Waals surface area contributed by atoms with Crippen LogP contribution in [0.5, 0.6) is 0 Å². The maximum Gasteiger partial charge on any atom is 0.266 e. The summed E-state index contributed by atoms with van der Waals surface area (Å²) in [5, 5.41) is 2.14. The third kappa shape index (κ3) is 3.12. The Bertz CT molecular complexity index is 1140. The topological polar surface area (TPSA) is 49.9 Å². The first-order valence-corrected chi connectivity index (χ1v) is 10.6. The number of amides is 2. The van der Waals surface area contributed by atoms with Gasteiger partial charge >= 0.3 is 0 Å². The normalized spacial score (nSPS) is 23.2. The summed E-state index contributed by atoms with van der Waals surface area (Å²) in [4.78, 5) is 34.0. The second-order valence-corrected chi connectivity index (χ2v) is 8.56. The molecule has 5 rings (SSSR count). The van der Waals surface area contributed by atoms with E-state index in [2.05, 4.69) is 15.9 Å². The molecule has 0 bridgehead atoms. The smallest absolute Gasteiger partial charge is 0.266 e. The molecule has 2 aliphatic heterocycles. The number of anilines is 2. The fourth-order valence-electron chi connectivity index (χ4n) is 4.11. The van der Waals surface area contributed by atoms with Gasteiger partial charge in [0.25, 0.3) is 5.91 Å². The van der Waals surface area contributed by atoms with Gasteiger partial charge in [0.15, 0.2) is 6.10 Å². The minimum Gasteiger partial charge on any atom is -0.273 e. The number of carbonyl (C=O) groups excluding carboxylic acids is 2. The van der Waals surface area contributed by atoms with Crippen molar-refractivity contribution in [3.05, 3.63) is 93.9 Å². The largest absolute Gasteiger partial charge is 0.273 e. The lowest BCUT2D eigenvalue weighted by Gasteiger charge is -2.28. The van der Waals surface area contributed by atoms with Crippen molar-refractivity contribution in [3.63, 3.8) is 0 Å². The minimum atomic E-state index is -0.902. The summed E-state index contributed by atoms with van der Waals surface area (Å²) in [6, 6.07) is 23.5. The van der Waals surface area contributed by atoms with Crippen LogP contribution in [0.1, 0.15) is 11.6 Å². The van der Waals surface area contributed by atoms with Crippen LogP contribution in [0.2, 0.25) is 5.02 Å². The molecule has 0 saturated carbocycles. The van der Waals surface area contributed by atoms with Gasteiger partial charge in [0.1, 0.15) is 5.92 Å². The van der Waals surface area contributed by atoms with Crippen molar-refractivity contribution in [2.45, 2.75) is 12.1 Å². The van der Waals surface area contributed by atoms with Crippen LogP contribution in [-0.4, -0.2) is 17.9 Å². The van der Waals surface area contributed by atoms with E-state index in [0.29, 0.717) is 10.7 Å². The second-order valence-electron chi connectivity index (χ2n) is 7.20. The van der Waals surface area contributed by atoms with Crippen molar-refractivity contribution in [2.24, 2.45) is 5.92 Å². The van der Waals surface area contributed by atoms with Crippen LogP contribution < -0.4 is 9.96 Å². The number of halogens is 2. The third-order valence-corrected chi connectivity index (χ3v) is 6.11. The number of hydrogen-bond acceptors (Lipinski definition) is 4. The van der Waals surface area contributed by atoms with Crippen molar-refractivity contribution in [2.75, 3.05) is 9.96 Å². The van der Waals surface area contributed by atoms with Gasteiger partial charge in [-0.1, -0.05) is 63.9 Å². The minimum absolute atomic E-state index is 0.296. The van der Waals surface area contributed by atoms with E-state index in [9.17, 15) is 9.59 Å². The lowest BCUT2D eigenvalue weighted by molar-refractivity contribution is -0.126. The molecule has 7 heteroatoms. The molecule has 5 nitrogen and oxygen atoms in total. The van der Waals surface area contributed by atoms with Crippen molar-refractivity contribution in [1.29, 1.82) is 0 Å². The molecule has 3 aromatic carbocycles. The first kappa shape index (κ1) is 19.3. The number of para-hydroxylation sites is 1. The molecule has 2 fully saturated rings. The van der Waals surface area contributed by atoms with Gasteiger partial charge in [-0.05, 0) is 48.0 Å². The first-order chi connectivity index (χ1) is 14.5. The highest BCUT2D eigenvalue weighted by atomic mass is 79.9. The monoisotopic (exact) mass is 482 g/mol. The summed E-state index contributed by atoms with van der Waals surface area (Å²) in [5.74, 6) is -1.35. The molecule has 3 atom stereocenters. The number of rotatable bonds is 3. The van der Waals surface area contributed by atoms with Gasteiger partial charge in [-0.2, -0.15) is 0 Å². The third-order valence-electron chi connectivity index (χ3n) is 5.38. The molecule has 2 aliphatic rings. The zero-order chi connectivity index (χ0) is 20.8. The molecule has 0 N–H and O–H groups in total. The Labute approximate surface area is 186 Å². The molecule has 3 aromatic rings. The van der Waals surface area contributed by atoms with Crippen LogP contribution >= 0.6 is 27.5 Å². The Morgan fingerprint density at radius 1 is 0.833 bits per heavy atom. The number of hydroxylamine groups is 1. The number of nitrogens with zero attached hydrogens (tertiary/aromatic N) is 2. The fraction of sp³-hybridized carbons (Fsp3) is 0.130. The highest BCUT2D eigenvalue weighted by molar-refractivity contribution is 9.10. The highest BCUT2D eigenvalue weighted by Gasteiger charge is 2.60. The molecule has 2 amide bonds. The summed E-state index contributed by atoms with van der Waals surface area (Å²) in [7, 11) is 0. The standard InChI is InChI=1S/C23H16BrClN2O3/c24-15-7-4-6-14(12-15)20-19-21(30-27(20)17-9-2-1-3-10-17)23(29)26(22(19)28)18-11-5-8-16(25)13-18/h1-13,19-21H/t19-,20+,21+/m0/s1. The van der Waals surface area contributed by atoms with E-state index in [-0.39, 0.29) is 11.8 Å². The van der Waals surface area contributed by atoms with Crippen molar-refractivity contribution < 1.29 is 14.4 Å². The van der Waals surface area contributed by atoms with Crippen LogP contribution in [-0.2, 0) is 14.4 Å². The van der Waals surface area contributed by atoms with E-state index in [1.807, 2.05) is 54.6 Å². The molecule has 2 heterocycles. The second kappa shape index (κ2) is 7.54. The number of benzene rings is 3. The van der Waals surface area contributed by atoms with Gasteiger partial charge in [-0.25, -0.2) is 9.96 Å². The number of imide groups is 1. The Kier molecular flexibility index (Phi) is 4.85. The van der Waals surface area contributed by atoms with Crippen LogP contribution in [0.15, 0.2) is 83.3 Å². The summed E-state index contributed by atoms with van der Waals surface area (Å²) in [6.07, 6.45) is -0.902. The Balaban J connectivity index is 1.60. The van der Waals surface area contributed by atoms with Gasteiger partial charge in [0.05, 0.1) is 17.4 Å². The number of fused-ring (bicyclic) bond motifs is 1. The van der Waals surface area contributed by atoms with E-state index < -0.39 is 18.1 Å². The summed E-state index contributed by atoms with van der Waals surface area (Å²) in [5.41, 5.74) is 2.12. The van der Waals surface area contributed by atoms with Crippen molar-refractivity contribution in [1.82, 2.24) is 0 Å². The predicted octanol–water partition coefficient (Wildman–Crippen LogP) is 5.15. The molecule has 150 valence electrons. The van der Waals surface area contributed by atoms with E-state index in [1.165, 1.54) is 4.90 Å². The predicted molar refractivity (Wildman–Crippen MR) is 118 cm³/mol. The van der Waals surface area contributed by atoms with Crippen molar-refractivity contribution >= 4 is 50.7 Å². The number of carbonyl (C=O) groups is 2. The maximum atomic E-state index is 13.5. The van der Waals surface area contributed by atoms with Gasteiger partial charge in [0, 0.05) is 9.50 Å². The van der Waals surface area contributed by atoms with Crippen LogP contribution in [0.25, 0.3) is 0 Å². The lowest BCUT2D eigenvalue weighted by Crippen LogP contribution is -2.37. The van der Waals surface area contributed by atoms with Gasteiger partial charge in [-0.15, -0.1) is 0 Å². The van der Waals surface area contributed by atoms with E-state index in [0.717, 1.165) is 15.7 Å². The molecule has 0 aromatic heterocycles. The highest BCUT2D eigenvalue weighted by Crippen LogP contribution is 2.47. The van der Waals surface area contributed by atoms with Gasteiger partial charge < -0.3 is 0 Å². The number of hydrogen-bond donors (Lipinski definition) is 0. The summed E-state index contributed by atoms with van der Waals surface area (Å²) >= 11 is 9.60.